The summed E-state index contributed by atoms with van der Waals surface area (Å²) in [5.74, 6) is 0.886. The third-order valence-corrected chi connectivity index (χ3v) is 4.06. The second kappa shape index (κ2) is 8.52. The lowest BCUT2D eigenvalue weighted by Crippen LogP contribution is -2.38. The third-order valence-electron chi connectivity index (χ3n) is 4.06. The van der Waals surface area contributed by atoms with Crippen LogP contribution in [0.25, 0.3) is 0 Å². The molecular formula is C15H30N2O. The number of nitrogens with two attached hydrogens (primary N) is 1. The minimum absolute atomic E-state index is 0.201. The molecule has 3 N–H and O–H groups in total. The Bertz CT molecular complexity index is 233. The summed E-state index contributed by atoms with van der Waals surface area (Å²) in [6.45, 7) is 4.16. The van der Waals surface area contributed by atoms with E-state index in [0.29, 0.717) is 18.4 Å². The molecule has 0 aliphatic heterocycles. The Kier molecular flexibility index (Phi) is 7.33. The van der Waals surface area contributed by atoms with E-state index in [1.165, 1.54) is 38.5 Å². The SMILES string of the molecule is CC(N)CCCC(=O)N[C@@H](C)C1CCCCCC1. The van der Waals surface area contributed by atoms with Crippen LogP contribution < -0.4 is 11.1 Å². The normalized spacial score (nSPS) is 21.1. The molecule has 1 fully saturated rings. The summed E-state index contributed by atoms with van der Waals surface area (Å²) < 4.78 is 0. The summed E-state index contributed by atoms with van der Waals surface area (Å²) in [4.78, 5) is 11.8. The topological polar surface area (TPSA) is 55.1 Å². The molecule has 1 saturated carbocycles. The quantitative estimate of drug-likeness (QED) is 0.716. The van der Waals surface area contributed by atoms with E-state index in [9.17, 15) is 4.79 Å². The molecule has 0 saturated heterocycles. The predicted octanol–water partition coefficient (Wildman–Crippen LogP) is 2.98. The Balaban J connectivity index is 2.20. The van der Waals surface area contributed by atoms with Crippen molar-refractivity contribution in [3.8, 4) is 0 Å². The molecule has 3 heteroatoms. The Labute approximate surface area is 112 Å². The number of nitrogens with one attached hydrogen (secondary N) is 1. The molecule has 1 aliphatic rings. The van der Waals surface area contributed by atoms with Gasteiger partial charge < -0.3 is 11.1 Å². The van der Waals surface area contributed by atoms with Crippen LogP contribution in [0.3, 0.4) is 0 Å². The highest BCUT2D eigenvalue weighted by molar-refractivity contribution is 5.76. The van der Waals surface area contributed by atoms with Gasteiger partial charge in [-0.2, -0.15) is 0 Å². The molecule has 106 valence electrons. The molecule has 0 heterocycles. The lowest BCUT2D eigenvalue weighted by atomic mass is 9.93. The van der Waals surface area contributed by atoms with E-state index in [4.69, 9.17) is 5.73 Å². The molecule has 1 amide bonds. The molecule has 1 rings (SSSR count). The maximum Gasteiger partial charge on any atom is 0.220 e. The van der Waals surface area contributed by atoms with Gasteiger partial charge in [-0.25, -0.2) is 0 Å². The third kappa shape index (κ3) is 6.39. The Hall–Kier alpha value is -0.570. The summed E-state index contributed by atoms with van der Waals surface area (Å²) in [5, 5.41) is 3.17. The first-order valence-corrected chi connectivity index (χ1v) is 7.64. The first-order chi connectivity index (χ1) is 8.59. The van der Waals surface area contributed by atoms with Crippen LogP contribution in [-0.4, -0.2) is 18.0 Å². The minimum Gasteiger partial charge on any atom is -0.353 e. The zero-order valence-electron chi connectivity index (χ0n) is 12.1. The van der Waals surface area contributed by atoms with E-state index in [2.05, 4.69) is 12.2 Å². The minimum atomic E-state index is 0.201. The van der Waals surface area contributed by atoms with Gasteiger partial charge in [0.1, 0.15) is 0 Å². The zero-order chi connectivity index (χ0) is 13.4. The first-order valence-electron chi connectivity index (χ1n) is 7.64. The zero-order valence-corrected chi connectivity index (χ0v) is 12.1. The Morgan fingerprint density at radius 2 is 1.83 bits per heavy atom. The van der Waals surface area contributed by atoms with Crippen LogP contribution >= 0.6 is 0 Å². The fourth-order valence-corrected chi connectivity index (χ4v) is 2.84. The molecule has 2 atom stereocenters. The van der Waals surface area contributed by atoms with Gasteiger partial charge in [0.15, 0.2) is 0 Å². The van der Waals surface area contributed by atoms with Crippen LogP contribution in [0.4, 0.5) is 0 Å². The van der Waals surface area contributed by atoms with Crippen LogP contribution in [0.5, 0.6) is 0 Å². The molecule has 3 nitrogen and oxygen atoms in total. The molecule has 0 radical (unpaired) electrons. The van der Waals surface area contributed by atoms with Crippen LogP contribution in [0.15, 0.2) is 0 Å². The van der Waals surface area contributed by atoms with Crippen molar-refractivity contribution in [2.45, 2.75) is 83.7 Å². The van der Waals surface area contributed by atoms with Crippen LogP contribution in [0.2, 0.25) is 0 Å². The van der Waals surface area contributed by atoms with Crippen molar-refractivity contribution in [2.75, 3.05) is 0 Å². The van der Waals surface area contributed by atoms with Gasteiger partial charge in [-0.3, -0.25) is 4.79 Å². The van der Waals surface area contributed by atoms with Crippen LogP contribution in [0.1, 0.15) is 71.6 Å². The Morgan fingerprint density at radius 3 is 2.39 bits per heavy atom. The van der Waals surface area contributed by atoms with Gasteiger partial charge in [-0.1, -0.05) is 25.7 Å². The summed E-state index contributed by atoms with van der Waals surface area (Å²) in [7, 11) is 0. The standard InChI is InChI=1S/C15H30N2O/c1-12(16)8-7-11-15(18)17-13(2)14-9-5-3-4-6-10-14/h12-14H,3-11,16H2,1-2H3,(H,17,18)/t12?,13-/m0/s1. The molecule has 0 aromatic rings. The van der Waals surface area contributed by atoms with Gasteiger partial charge in [0.05, 0.1) is 0 Å². The van der Waals surface area contributed by atoms with Gasteiger partial charge in [-0.15, -0.1) is 0 Å². The summed E-state index contributed by atoms with van der Waals surface area (Å²) in [5.41, 5.74) is 5.68. The van der Waals surface area contributed by atoms with Gasteiger partial charge in [0, 0.05) is 18.5 Å². The van der Waals surface area contributed by atoms with Crippen molar-refractivity contribution in [2.24, 2.45) is 11.7 Å². The lowest BCUT2D eigenvalue weighted by Gasteiger charge is -2.23. The molecule has 1 unspecified atom stereocenters. The van der Waals surface area contributed by atoms with E-state index in [1.807, 2.05) is 6.92 Å². The monoisotopic (exact) mass is 254 g/mol. The number of rotatable bonds is 6. The van der Waals surface area contributed by atoms with Crippen LogP contribution in [0, 0.1) is 5.92 Å². The predicted molar refractivity (Wildman–Crippen MR) is 76.3 cm³/mol. The molecule has 0 bridgehead atoms. The number of carbonyl (C=O) groups is 1. The average molecular weight is 254 g/mol. The number of hydrogen-bond donors (Lipinski definition) is 2. The van der Waals surface area contributed by atoms with E-state index < -0.39 is 0 Å². The highest BCUT2D eigenvalue weighted by Gasteiger charge is 2.20. The fraction of sp³-hybridized carbons (Fsp3) is 0.933. The number of carbonyl (C=O) groups excluding carboxylic acids is 1. The van der Waals surface area contributed by atoms with Gasteiger partial charge in [0.25, 0.3) is 0 Å². The molecule has 1 aliphatic carbocycles. The summed E-state index contributed by atoms with van der Waals surface area (Å²) >= 11 is 0. The first kappa shape index (κ1) is 15.5. The molecule has 0 aromatic carbocycles. The largest absolute Gasteiger partial charge is 0.353 e. The van der Waals surface area contributed by atoms with Crippen molar-refractivity contribution in [3.05, 3.63) is 0 Å². The molecule has 18 heavy (non-hydrogen) atoms. The molecule has 0 spiro atoms. The highest BCUT2D eigenvalue weighted by atomic mass is 16.1. The van der Waals surface area contributed by atoms with Gasteiger partial charge in [0.2, 0.25) is 5.91 Å². The average Bonchev–Trinajstić information content (AvgIpc) is 2.56. The summed E-state index contributed by atoms with van der Waals surface area (Å²) in [6, 6.07) is 0.544. The maximum atomic E-state index is 11.8. The summed E-state index contributed by atoms with van der Waals surface area (Å²) in [6.07, 6.45) is 10.4. The van der Waals surface area contributed by atoms with Crippen molar-refractivity contribution in [1.82, 2.24) is 5.32 Å². The second-order valence-electron chi connectivity index (χ2n) is 5.98. The fourth-order valence-electron chi connectivity index (χ4n) is 2.84. The lowest BCUT2D eigenvalue weighted by molar-refractivity contribution is -0.122. The Morgan fingerprint density at radius 1 is 1.22 bits per heavy atom. The van der Waals surface area contributed by atoms with E-state index in [1.54, 1.807) is 0 Å². The van der Waals surface area contributed by atoms with E-state index in [0.717, 1.165) is 12.8 Å². The van der Waals surface area contributed by atoms with Crippen molar-refractivity contribution in [3.63, 3.8) is 0 Å². The number of hydrogen-bond acceptors (Lipinski definition) is 2. The van der Waals surface area contributed by atoms with E-state index >= 15 is 0 Å². The van der Waals surface area contributed by atoms with Crippen molar-refractivity contribution < 1.29 is 4.79 Å². The molecular weight excluding hydrogens is 224 g/mol. The van der Waals surface area contributed by atoms with Crippen molar-refractivity contribution >= 4 is 5.91 Å². The highest BCUT2D eigenvalue weighted by Crippen LogP contribution is 2.25. The second-order valence-corrected chi connectivity index (χ2v) is 5.98. The molecule has 0 aromatic heterocycles. The van der Waals surface area contributed by atoms with Crippen molar-refractivity contribution in [1.29, 1.82) is 0 Å². The maximum absolute atomic E-state index is 11.8. The van der Waals surface area contributed by atoms with Crippen LogP contribution in [-0.2, 0) is 4.79 Å². The van der Waals surface area contributed by atoms with Gasteiger partial charge >= 0.3 is 0 Å². The van der Waals surface area contributed by atoms with Gasteiger partial charge in [-0.05, 0) is 45.4 Å². The number of amides is 1. The van der Waals surface area contributed by atoms with E-state index in [-0.39, 0.29) is 11.9 Å². The smallest absolute Gasteiger partial charge is 0.220 e.